The van der Waals surface area contributed by atoms with Gasteiger partial charge in [-0.3, -0.25) is 4.98 Å². The molecule has 1 heterocycles. The van der Waals surface area contributed by atoms with Crippen LogP contribution in [0.15, 0.2) is 36.7 Å². The van der Waals surface area contributed by atoms with Crippen LogP contribution < -0.4 is 4.74 Å². The fourth-order valence-corrected chi connectivity index (χ4v) is 1.80. The molecule has 1 aromatic carbocycles. The van der Waals surface area contributed by atoms with Gasteiger partial charge in [0.25, 0.3) is 0 Å². The number of benzene rings is 1. The highest BCUT2D eigenvalue weighted by Crippen LogP contribution is 2.28. The lowest BCUT2D eigenvalue weighted by Crippen LogP contribution is -2.39. The third-order valence-corrected chi connectivity index (χ3v) is 2.77. The third kappa shape index (κ3) is 2.84. The first-order valence-corrected chi connectivity index (χ1v) is 6.23. The highest BCUT2D eigenvalue weighted by atomic mass is 16.6. The number of carbonyl (C=O) groups is 1. The zero-order chi connectivity index (χ0) is 13.9. The van der Waals surface area contributed by atoms with Gasteiger partial charge in [0, 0.05) is 23.2 Å². The number of pyridine rings is 1. The number of rotatable bonds is 4. The molecular weight excluding hydrogens is 242 g/mol. The van der Waals surface area contributed by atoms with Crippen molar-refractivity contribution in [2.24, 2.45) is 0 Å². The standard InChI is InChI=1S/C15H17NO3/c1-4-18-14(17)15(2,3)19-13-7-5-6-11-10-16-9-8-12(11)13/h5-10H,4H2,1-3H3. The van der Waals surface area contributed by atoms with Crippen LogP contribution in [-0.2, 0) is 9.53 Å². The monoisotopic (exact) mass is 259 g/mol. The number of esters is 1. The molecule has 0 unspecified atom stereocenters. The Morgan fingerprint density at radius 3 is 2.84 bits per heavy atom. The van der Waals surface area contributed by atoms with Gasteiger partial charge in [0.1, 0.15) is 5.75 Å². The number of ether oxygens (including phenoxy) is 2. The lowest BCUT2D eigenvalue weighted by molar-refractivity contribution is -0.158. The van der Waals surface area contributed by atoms with E-state index in [1.165, 1.54) is 0 Å². The molecule has 0 radical (unpaired) electrons. The number of fused-ring (bicyclic) bond motifs is 1. The molecule has 4 nitrogen and oxygen atoms in total. The quantitative estimate of drug-likeness (QED) is 0.792. The molecule has 0 aliphatic carbocycles. The summed E-state index contributed by atoms with van der Waals surface area (Å²) < 4.78 is 10.8. The van der Waals surface area contributed by atoms with Crippen LogP contribution in [0.5, 0.6) is 5.75 Å². The van der Waals surface area contributed by atoms with E-state index in [9.17, 15) is 4.79 Å². The molecule has 1 aromatic heterocycles. The number of hydrogen-bond acceptors (Lipinski definition) is 4. The largest absolute Gasteiger partial charge is 0.476 e. The number of nitrogens with zero attached hydrogens (tertiary/aromatic N) is 1. The van der Waals surface area contributed by atoms with E-state index in [4.69, 9.17) is 9.47 Å². The van der Waals surface area contributed by atoms with Gasteiger partial charge < -0.3 is 9.47 Å². The molecule has 0 atom stereocenters. The van der Waals surface area contributed by atoms with E-state index in [0.717, 1.165) is 10.8 Å². The SMILES string of the molecule is CCOC(=O)C(C)(C)Oc1cccc2cnccc12. The van der Waals surface area contributed by atoms with E-state index in [-0.39, 0.29) is 5.97 Å². The molecule has 2 rings (SSSR count). The second-order valence-corrected chi connectivity index (χ2v) is 4.69. The van der Waals surface area contributed by atoms with E-state index >= 15 is 0 Å². The van der Waals surface area contributed by atoms with Crippen LogP contribution >= 0.6 is 0 Å². The van der Waals surface area contributed by atoms with Crippen molar-refractivity contribution >= 4 is 16.7 Å². The Balaban J connectivity index is 2.33. The number of aromatic nitrogens is 1. The molecule has 0 amide bonds. The zero-order valence-corrected chi connectivity index (χ0v) is 11.3. The molecule has 0 aliphatic rings. The van der Waals surface area contributed by atoms with Crippen LogP contribution in [-0.4, -0.2) is 23.2 Å². The summed E-state index contributed by atoms with van der Waals surface area (Å²) in [4.78, 5) is 15.9. The van der Waals surface area contributed by atoms with E-state index in [1.54, 1.807) is 33.2 Å². The van der Waals surface area contributed by atoms with Crippen LogP contribution in [0.2, 0.25) is 0 Å². The van der Waals surface area contributed by atoms with Crippen molar-refractivity contribution in [3.63, 3.8) is 0 Å². The van der Waals surface area contributed by atoms with Gasteiger partial charge in [-0.15, -0.1) is 0 Å². The summed E-state index contributed by atoms with van der Waals surface area (Å²) in [6, 6.07) is 7.53. The molecule has 0 fully saturated rings. The Hall–Kier alpha value is -2.10. The van der Waals surface area contributed by atoms with Crippen LogP contribution in [0.3, 0.4) is 0 Å². The van der Waals surface area contributed by atoms with Crippen LogP contribution in [0, 0.1) is 0 Å². The Bertz CT molecular complexity index is 587. The normalized spacial score (nSPS) is 11.3. The number of carbonyl (C=O) groups excluding carboxylic acids is 1. The lowest BCUT2D eigenvalue weighted by Gasteiger charge is -2.24. The van der Waals surface area contributed by atoms with Gasteiger partial charge >= 0.3 is 5.97 Å². The van der Waals surface area contributed by atoms with E-state index in [1.807, 2.05) is 24.3 Å². The molecule has 0 N–H and O–H groups in total. The second-order valence-electron chi connectivity index (χ2n) is 4.69. The summed E-state index contributed by atoms with van der Waals surface area (Å²) >= 11 is 0. The maximum atomic E-state index is 11.8. The fourth-order valence-electron chi connectivity index (χ4n) is 1.80. The molecular formula is C15H17NO3. The summed E-state index contributed by atoms with van der Waals surface area (Å²) in [6.45, 7) is 5.51. The fraction of sp³-hybridized carbons (Fsp3) is 0.333. The average molecular weight is 259 g/mol. The minimum absolute atomic E-state index is 0.338. The summed E-state index contributed by atoms with van der Waals surface area (Å²) in [6.07, 6.45) is 3.46. The smallest absolute Gasteiger partial charge is 0.349 e. The van der Waals surface area contributed by atoms with Crippen LogP contribution in [0.4, 0.5) is 0 Å². The molecule has 100 valence electrons. The Labute approximate surface area is 112 Å². The molecule has 2 aromatic rings. The maximum absolute atomic E-state index is 11.8. The second kappa shape index (κ2) is 5.26. The van der Waals surface area contributed by atoms with Crippen molar-refractivity contribution in [2.45, 2.75) is 26.4 Å². The molecule has 0 saturated carbocycles. The van der Waals surface area contributed by atoms with Crippen molar-refractivity contribution in [3.8, 4) is 5.75 Å². The first-order valence-electron chi connectivity index (χ1n) is 6.23. The maximum Gasteiger partial charge on any atom is 0.349 e. The molecule has 0 spiro atoms. The van der Waals surface area contributed by atoms with Crippen molar-refractivity contribution < 1.29 is 14.3 Å². The number of hydrogen-bond donors (Lipinski definition) is 0. The predicted octanol–water partition coefficient (Wildman–Crippen LogP) is 2.96. The molecule has 4 heteroatoms. The first-order chi connectivity index (χ1) is 9.04. The van der Waals surface area contributed by atoms with E-state index in [0.29, 0.717) is 12.4 Å². The molecule has 0 bridgehead atoms. The lowest BCUT2D eigenvalue weighted by atomic mass is 10.1. The summed E-state index contributed by atoms with van der Waals surface area (Å²) in [5.41, 5.74) is -1.02. The van der Waals surface area contributed by atoms with Gasteiger partial charge in [-0.1, -0.05) is 12.1 Å². The van der Waals surface area contributed by atoms with E-state index < -0.39 is 5.60 Å². The van der Waals surface area contributed by atoms with Crippen LogP contribution in [0.25, 0.3) is 10.8 Å². The minimum atomic E-state index is -1.02. The first kappa shape index (κ1) is 13.3. The topological polar surface area (TPSA) is 48.4 Å². The van der Waals surface area contributed by atoms with Crippen molar-refractivity contribution in [3.05, 3.63) is 36.7 Å². The zero-order valence-electron chi connectivity index (χ0n) is 11.3. The van der Waals surface area contributed by atoms with Gasteiger partial charge in [0.15, 0.2) is 5.60 Å². The third-order valence-electron chi connectivity index (χ3n) is 2.77. The van der Waals surface area contributed by atoms with Crippen LogP contribution in [0.1, 0.15) is 20.8 Å². The Morgan fingerprint density at radius 2 is 2.11 bits per heavy atom. The van der Waals surface area contributed by atoms with Crippen molar-refractivity contribution in [1.82, 2.24) is 4.98 Å². The van der Waals surface area contributed by atoms with Crippen molar-refractivity contribution in [1.29, 1.82) is 0 Å². The molecule has 0 aliphatic heterocycles. The Morgan fingerprint density at radius 1 is 1.32 bits per heavy atom. The van der Waals surface area contributed by atoms with Gasteiger partial charge in [-0.2, -0.15) is 0 Å². The molecule has 19 heavy (non-hydrogen) atoms. The summed E-state index contributed by atoms with van der Waals surface area (Å²) in [5.74, 6) is 0.277. The summed E-state index contributed by atoms with van der Waals surface area (Å²) in [7, 11) is 0. The van der Waals surface area contributed by atoms with Crippen molar-refractivity contribution in [2.75, 3.05) is 6.61 Å². The van der Waals surface area contributed by atoms with Gasteiger partial charge in [-0.25, -0.2) is 4.79 Å². The Kier molecular flexibility index (Phi) is 3.69. The van der Waals surface area contributed by atoms with Gasteiger partial charge in [-0.05, 0) is 32.9 Å². The summed E-state index contributed by atoms with van der Waals surface area (Å²) in [5, 5.41) is 1.90. The highest BCUT2D eigenvalue weighted by molar-refractivity contribution is 5.88. The molecule has 0 saturated heterocycles. The van der Waals surface area contributed by atoms with Gasteiger partial charge in [0.2, 0.25) is 0 Å². The highest BCUT2D eigenvalue weighted by Gasteiger charge is 2.32. The van der Waals surface area contributed by atoms with Gasteiger partial charge in [0.05, 0.1) is 6.61 Å². The minimum Gasteiger partial charge on any atom is -0.476 e. The average Bonchev–Trinajstić information content (AvgIpc) is 2.39. The van der Waals surface area contributed by atoms with E-state index in [2.05, 4.69) is 4.98 Å². The predicted molar refractivity (Wildman–Crippen MR) is 73.1 cm³/mol.